The van der Waals surface area contributed by atoms with E-state index in [0.29, 0.717) is 0 Å². The molecule has 0 saturated carbocycles. The van der Waals surface area contributed by atoms with Gasteiger partial charge in [0.05, 0.1) is 6.04 Å². The van der Waals surface area contributed by atoms with Crippen LogP contribution in [-0.4, -0.2) is 29.4 Å². The van der Waals surface area contributed by atoms with Gasteiger partial charge in [-0.1, -0.05) is 24.3 Å². The molecule has 1 unspecified atom stereocenters. The van der Waals surface area contributed by atoms with Gasteiger partial charge in [-0.05, 0) is 49.9 Å². The number of nitrogens with zero attached hydrogens (tertiary/aromatic N) is 2. The molecule has 4 nitrogen and oxygen atoms in total. The Morgan fingerprint density at radius 1 is 1.17 bits per heavy atom. The highest BCUT2D eigenvalue weighted by Gasteiger charge is 2.29. The highest BCUT2D eigenvalue weighted by molar-refractivity contribution is 5.94. The van der Waals surface area contributed by atoms with Crippen molar-refractivity contribution in [3.63, 3.8) is 0 Å². The summed E-state index contributed by atoms with van der Waals surface area (Å²) in [6.07, 6.45) is 3.21. The molecule has 23 heavy (non-hydrogen) atoms. The summed E-state index contributed by atoms with van der Waals surface area (Å²) < 4.78 is 0. The van der Waals surface area contributed by atoms with E-state index in [4.69, 9.17) is 0 Å². The highest BCUT2D eigenvalue weighted by atomic mass is 16.2. The van der Waals surface area contributed by atoms with Crippen LogP contribution in [0, 0.1) is 6.92 Å². The van der Waals surface area contributed by atoms with Crippen LogP contribution in [0.5, 0.6) is 0 Å². The number of anilines is 1. The van der Waals surface area contributed by atoms with E-state index in [1.165, 1.54) is 0 Å². The van der Waals surface area contributed by atoms with Crippen LogP contribution in [0.25, 0.3) is 0 Å². The van der Waals surface area contributed by atoms with Gasteiger partial charge in [0.25, 0.3) is 5.91 Å². The van der Waals surface area contributed by atoms with Gasteiger partial charge >= 0.3 is 0 Å². The van der Waals surface area contributed by atoms with Crippen LogP contribution in [-0.2, 0) is 0 Å². The third-order valence-electron chi connectivity index (χ3n) is 4.53. The summed E-state index contributed by atoms with van der Waals surface area (Å²) in [6, 6.07) is 13.8. The monoisotopic (exact) mass is 309 g/mol. The Balaban J connectivity index is 1.91. The van der Waals surface area contributed by atoms with Crippen molar-refractivity contribution in [2.75, 3.05) is 18.9 Å². The topological polar surface area (TPSA) is 45.2 Å². The van der Waals surface area contributed by atoms with E-state index < -0.39 is 0 Å². The summed E-state index contributed by atoms with van der Waals surface area (Å²) in [7, 11) is 1.87. The Morgan fingerprint density at radius 2 is 1.96 bits per heavy atom. The predicted octanol–water partition coefficient (Wildman–Crippen LogP) is 3.80. The van der Waals surface area contributed by atoms with Crippen LogP contribution in [0.4, 0.5) is 5.82 Å². The van der Waals surface area contributed by atoms with Crippen LogP contribution in [0.15, 0.2) is 42.5 Å². The number of aryl methyl sites for hydroxylation is 1. The number of nitrogens with one attached hydrogen (secondary N) is 1. The van der Waals surface area contributed by atoms with Gasteiger partial charge in [0.2, 0.25) is 0 Å². The number of hydrogen-bond acceptors (Lipinski definition) is 3. The standard InChI is InChI=1S/C19H23N3O/c1-14-16(11-12-18(20-2)21-14)17-10-6-7-13-22(17)19(23)15-8-4-3-5-9-15/h3-5,8-9,11-12,17H,6-7,10,13H2,1-2H3,(H,20,21). The fourth-order valence-corrected chi connectivity index (χ4v) is 3.31. The largest absolute Gasteiger partial charge is 0.373 e. The average molecular weight is 309 g/mol. The second-order valence-corrected chi connectivity index (χ2v) is 6.00. The number of benzene rings is 1. The average Bonchev–Trinajstić information content (AvgIpc) is 2.62. The van der Waals surface area contributed by atoms with Crippen LogP contribution in [0.3, 0.4) is 0 Å². The molecule has 4 heteroatoms. The quantitative estimate of drug-likeness (QED) is 0.938. The van der Waals surface area contributed by atoms with E-state index in [2.05, 4.69) is 16.4 Å². The third-order valence-corrected chi connectivity index (χ3v) is 4.53. The first-order valence-electron chi connectivity index (χ1n) is 8.22. The maximum Gasteiger partial charge on any atom is 0.254 e. The lowest BCUT2D eigenvalue weighted by atomic mass is 9.93. The number of likely N-dealkylation sites (tertiary alicyclic amines) is 1. The number of pyridine rings is 1. The van der Waals surface area contributed by atoms with E-state index in [-0.39, 0.29) is 11.9 Å². The van der Waals surface area contributed by atoms with Crippen LogP contribution < -0.4 is 5.32 Å². The van der Waals surface area contributed by atoms with E-state index in [1.807, 2.05) is 55.3 Å². The van der Waals surface area contributed by atoms with E-state index in [0.717, 1.165) is 48.4 Å². The normalized spacial score (nSPS) is 17.8. The molecular weight excluding hydrogens is 286 g/mol. The molecule has 1 saturated heterocycles. The minimum absolute atomic E-state index is 0.118. The van der Waals surface area contributed by atoms with E-state index in [1.54, 1.807) is 0 Å². The van der Waals surface area contributed by atoms with Gasteiger partial charge in [0.15, 0.2) is 0 Å². The molecular formula is C19H23N3O. The summed E-state index contributed by atoms with van der Waals surface area (Å²) in [6.45, 7) is 2.83. The molecule has 120 valence electrons. The lowest BCUT2D eigenvalue weighted by Gasteiger charge is -2.36. The SMILES string of the molecule is CNc1ccc(C2CCCCN2C(=O)c2ccccc2)c(C)n1. The van der Waals surface area contributed by atoms with E-state index in [9.17, 15) is 4.79 Å². The number of rotatable bonds is 3. The molecule has 0 bridgehead atoms. The first-order valence-corrected chi connectivity index (χ1v) is 8.22. The van der Waals surface area contributed by atoms with Crippen LogP contribution >= 0.6 is 0 Å². The van der Waals surface area contributed by atoms with Crippen LogP contribution in [0.2, 0.25) is 0 Å². The zero-order chi connectivity index (χ0) is 16.2. The van der Waals surface area contributed by atoms with Crippen molar-refractivity contribution in [2.45, 2.75) is 32.2 Å². The van der Waals surface area contributed by atoms with Crippen molar-refractivity contribution in [3.8, 4) is 0 Å². The number of hydrogen-bond donors (Lipinski definition) is 1. The number of carbonyl (C=O) groups excluding carboxylic acids is 1. The fourth-order valence-electron chi connectivity index (χ4n) is 3.31. The maximum absolute atomic E-state index is 12.9. The fraction of sp³-hybridized carbons (Fsp3) is 0.368. The Morgan fingerprint density at radius 3 is 2.65 bits per heavy atom. The van der Waals surface area contributed by atoms with Gasteiger partial charge < -0.3 is 10.2 Å². The van der Waals surface area contributed by atoms with Gasteiger partial charge in [-0.15, -0.1) is 0 Å². The molecule has 3 rings (SSSR count). The Bertz CT molecular complexity index is 684. The zero-order valence-electron chi connectivity index (χ0n) is 13.7. The first kappa shape index (κ1) is 15.5. The first-order chi connectivity index (χ1) is 11.2. The molecule has 1 aromatic carbocycles. The minimum atomic E-state index is 0.118. The molecule has 1 aliphatic rings. The molecule has 1 aromatic heterocycles. The van der Waals surface area contributed by atoms with Gasteiger partial charge in [0.1, 0.15) is 5.82 Å². The van der Waals surface area contributed by atoms with E-state index >= 15 is 0 Å². The number of aromatic nitrogens is 1. The second-order valence-electron chi connectivity index (χ2n) is 6.00. The van der Waals surface area contributed by atoms with Crippen molar-refractivity contribution in [2.24, 2.45) is 0 Å². The lowest BCUT2D eigenvalue weighted by molar-refractivity contribution is 0.0610. The molecule has 1 N–H and O–H groups in total. The summed E-state index contributed by atoms with van der Waals surface area (Å²) in [4.78, 5) is 19.5. The van der Waals surface area contributed by atoms with Crippen molar-refractivity contribution < 1.29 is 4.79 Å². The molecule has 1 atom stereocenters. The summed E-state index contributed by atoms with van der Waals surface area (Å²) in [5.74, 6) is 0.982. The van der Waals surface area contributed by atoms with Gasteiger partial charge in [-0.25, -0.2) is 4.98 Å². The summed E-state index contributed by atoms with van der Waals surface area (Å²) in [5, 5.41) is 3.07. The third kappa shape index (κ3) is 3.21. The van der Waals surface area contributed by atoms with Gasteiger partial charge in [0, 0.05) is 24.8 Å². The molecule has 1 fully saturated rings. The van der Waals surface area contributed by atoms with Crippen molar-refractivity contribution in [1.29, 1.82) is 0 Å². The number of amides is 1. The molecule has 0 spiro atoms. The number of piperidine rings is 1. The Labute approximate surface area is 137 Å². The Kier molecular flexibility index (Phi) is 4.60. The van der Waals surface area contributed by atoms with Crippen molar-refractivity contribution in [3.05, 3.63) is 59.3 Å². The number of carbonyl (C=O) groups is 1. The van der Waals surface area contributed by atoms with Crippen molar-refractivity contribution >= 4 is 11.7 Å². The summed E-state index contributed by atoms with van der Waals surface area (Å²) in [5.41, 5.74) is 2.92. The zero-order valence-corrected chi connectivity index (χ0v) is 13.7. The van der Waals surface area contributed by atoms with Gasteiger partial charge in [-0.3, -0.25) is 4.79 Å². The molecule has 2 aromatic rings. The molecule has 0 radical (unpaired) electrons. The summed E-state index contributed by atoms with van der Waals surface area (Å²) >= 11 is 0. The predicted molar refractivity (Wildman–Crippen MR) is 92.6 cm³/mol. The second kappa shape index (κ2) is 6.82. The molecule has 1 amide bonds. The Hall–Kier alpha value is -2.36. The van der Waals surface area contributed by atoms with Crippen molar-refractivity contribution in [1.82, 2.24) is 9.88 Å². The lowest BCUT2D eigenvalue weighted by Crippen LogP contribution is -2.38. The smallest absolute Gasteiger partial charge is 0.254 e. The molecule has 2 heterocycles. The van der Waals surface area contributed by atoms with Crippen LogP contribution in [0.1, 0.15) is 46.9 Å². The molecule has 0 aliphatic carbocycles. The van der Waals surface area contributed by atoms with Gasteiger partial charge in [-0.2, -0.15) is 0 Å². The minimum Gasteiger partial charge on any atom is -0.373 e. The molecule has 1 aliphatic heterocycles. The highest BCUT2D eigenvalue weighted by Crippen LogP contribution is 2.33. The maximum atomic E-state index is 12.9.